The fourth-order valence-electron chi connectivity index (χ4n) is 2.90. The summed E-state index contributed by atoms with van der Waals surface area (Å²) in [6.07, 6.45) is 5.03. The van der Waals surface area contributed by atoms with Crippen LogP contribution in [0.5, 0.6) is 0 Å². The first-order valence-electron chi connectivity index (χ1n) is 7.28. The Hall–Kier alpha value is -1.34. The van der Waals surface area contributed by atoms with E-state index in [1.54, 1.807) is 4.90 Å². The Bertz CT molecular complexity index is 619. The summed E-state index contributed by atoms with van der Waals surface area (Å²) in [7, 11) is -3.87. The number of aryl methyl sites for hydroxylation is 1. The van der Waals surface area contributed by atoms with Crippen LogP contribution < -0.4 is 5.14 Å². The van der Waals surface area contributed by atoms with Crippen molar-refractivity contribution in [1.29, 1.82) is 0 Å². The number of amides is 1. The molecular weight excluding hydrogens is 292 g/mol. The zero-order valence-corrected chi connectivity index (χ0v) is 13.3. The number of furan rings is 1. The lowest BCUT2D eigenvalue weighted by Gasteiger charge is -2.35. The predicted molar refractivity (Wildman–Crippen MR) is 78.4 cm³/mol. The molecule has 1 unspecified atom stereocenters. The van der Waals surface area contributed by atoms with Crippen LogP contribution >= 0.6 is 0 Å². The maximum Gasteiger partial charge on any atom is 0.289 e. The molecule has 7 heteroatoms. The van der Waals surface area contributed by atoms with Crippen molar-refractivity contribution in [3.63, 3.8) is 0 Å². The zero-order chi connectivity index (χ0) is 15.6. The Labute approximate surface area is 125 Å². The lowest BCUT2D eigenvalue weighted by molar-refractivity contribution is 0.0567. The number of primary sulfonamides is 1. The van der Waals surface area contributed by atoms with E-state index >= 15 is 0 Å². The van der Waals surface area contributed by atoms with Crippen LogP contribution in [-0.2, 0) is 10.0 Å². The fraction of sp³-hybridized carbons (Fsp3) is 0.643. The van der Waals surface area contributed by atoms with E-state index in [1.165, 1.54) is 13.0 Å². The van der Waals surface area contributed by atoms with Gasteiger partial charge in [0, 0.05) is 18.7 Å². The highest BCUT2D eigenvalue weighted by molar-refractivity contribution is 7.89. The number of carbonyl (C=O) groups excluding carboxylic acids is 1. The molecule has 118 valence electrons. The number of piperidine rings is 1. The van der Waals surface area contributed by atoms with Crippen molar-refractivity contribution in [1.82, 2.24) is 4.90 Å². The number of carbonyl (C=O) groups is 1. The SMILES string of the molecule is CCCC1CCCCN1C(=O)c1cc(S(N)(=O)=O)c(C)o1. The van der Waals surface area contributed by atoms with Gasteiger partial charge < -0.3 is 9.32 Å². The Morgan fingerprint density at radius 1 is 1.48 bits per heavy atom. The van der Waals surface area contributed by atoms with E-state index in [9.17, 15) is 13.2 Å². The van der Waals surface area contributed by atoms with Crippen LogP contribution in [0.2, 0.25) is 0 Å². The van der Waals surface area contributed by atoms with Crippen molar-refractivity contribution in [3.05, 3.63) is 17.6 Å². The minimum atomic E-state index is -3.87. The van der Waals surface area contributed by atoms with Crippen molar-refractivity contribution >= 4 is 15.9 Å². The molecule has 1 amide bonds. The maximum atomic E-state index is 12.6. The highest BCUT2D eigenvalue weighted by Crippen LogP contribution is 2.25. The van der Waals surface area contributed by atoms with Crippen LogP contribution in [0.15, 0.2) is 15.4 Å². The van der Waals surface area contributed by atoms with Crippen LogP contribution in [-0.4, -0.2) is 31.8 Å². The van der Waals surface area contributed by atoms with Crippen LogP contribution in [0.3, 0.4) is 0 Å². The van der Waals surface area contributed by atoms with Crippen LogP contribution in [0, 0.1) is 6.92 Å². The predicted octanol–water partition coefficient (Wildman–Crippen LogP) is 2.03. The van der Waals surface area contributed by atoms with Gasteiger partial charge in [-0.15, -0.1) is 0 Å². The number of nitrogens with zero attached hydrogens (tertiary/aromatic N) is 1. The summed E-state index contributed by atoms with van der Waals surface area (Å²) >= 11 is 0. The molecule has 0 bridgehead atoms. The van der Waals surface area contributed by atoms with Gasteiger partial charge in [0.05, 0.1) is 0 Å². The quantitative estimate of drug-likeness (QED) is 0.920. The minimum absolute atomic E-state index is 0.0551. The van der Waals surface area contributed by atoms with Crippen LogP contribution in [0.25, 0.3) is 0 Å². The van der Waals surface area contributed by atoms with Gasteiger partial charge in [-0.3, -0.25) is 4.79 Å². The molecule has 1 saturated heterocycles. The summed E-state index contributed by atoms with van der Waals surface area (Å²) < 4.78 is 28.2. The molecule has 1 atom stereocenters. The highest BCUT2D eigenvalue weighted by Gasteiger charge is 2.30. The van der Waals surface area contributed by atoms with Crippen LogP contribution in [0.1, 0.15) is 55.3 Å². The first-order valence-corrected chi connectivity index (χ1v) is 8.83. The molecular formula is C14H22N2O4S. The van der Waals surface area contributed by atoms with Crippen molar-refractivity contribution in [3.8, 4) is 0 Å². The number of sulfonamides is 1. The number of likely N-dealkylation sites (tertiary alicyclic amines) is 1. The van der Waals surface area contributed by atoms with Gasteiger partial charge in [0.1, 0.15) is 10.7 Å². The maximum absolute atomic E-state index is 12.6. The number of hydrogen-bond acceptors (Lipinski definition) is 4. The third kappa shape index (κ3) is 3.47. The molecule has 2 N–H and O–H groups in total. The second kappa shape index (κ2) is 6.19. The van der Waals surface area contributed by atoms with Gasteiger partial charge in [0.15, 0.2) is 5.76 Å². The summed E-state index contributed by atoms with van der Waals surface area (Å²) in [4.78, 5) is 14.3. The third-order valence-electron chi connectivity index (χ3n) is 3.90. The highest BCUT2D eigenvalue weighted by atomic mass is 32.2. The molecule has 1 aromatic rings. The van der Waals surface area contributed by atoms with Crippen molar-refractivity contribution in [2.45, 2.75) is 56.9 Å². The second-order valence-corrected chi connectivity index (χ2v) is 7.04. The molecule has 2 heterocycles. The molecule has 0 radical (unpaired) electrons. The van der Waals surface area contributed by atoms with Gasteiger partial charge in [0.25, 0.3) is 5.91 Å². The van der Waals surface area contributed by atoms with E-state index in [2.05, 4.69) is 6.92 Å². The van der Waals surface area contributed by atoms with Gasteiger partial charge in [-0.05, 0) is 32.6 Å². The van der Waals surface area contributed by atoms with Gasteiger partial charge in [0.2, 0.25) is 10.0 Å². The molecule has 1 aliphatic heterocycles. The number of hydrogen-bond donors (Lipinski definition) is 1. The van der Waals surface area contributed by atoms with Crippen LogP contribution in [0.4, 0.5) is 0 Å². The summed E-state index contributed by atoms with van der Waals surface area (Å²) in [5.41, 5.74) is 0. The van der Waals surface area contributed by atoms with E-state index in [1.807, 2.05) is 0 Å². The summed E-state index contributed by atoms with van der Waals surface area (Å²) in [5.74, 6) is -0.0319. The number of nitrogens with two attached hydrogens (primary N) is 1. The molecule has 2 rings (SSSR count). The van der Waals surface area contributed by atoms with E-state index in [0.29, 0.717) is 6.54 Å². The minimum Gasteiger partial charge on any atom is -0.455 e. The van der Waals surface area contributed by atoms with E-state index in [4.69, 9.17) is 9.56 Å². The fourth-order valence-corrected chi connectivity index (χ4v) is 3.61. The molecule has 1 aromatic heterocycles. The second-order valence-electron chi connectivity index (χ2n) is 5.51. The normalized spacial score (nSPS) is 19.8. The first kappa shape index (κ1) is 16.0. The van der Waals surface area contributed by atoms with Crippen molar-refractivity contribution in [2.75, 3.05) is 6.54 Å². The Kier molecular flexibility index (Phi) is 4.73. The van der Waals surface area contributed by atoms with Gasteiger partial charge in [-0.1, -0.05) is 13.3 Å². The molecule has 0 aromatic carbocycles. The largest absolute Gasteiger partial charge is 0.455 e. The molecule has 6 nitrogen and oxygen atoms in total. The molecule has 0 spiro atoms. The molecule has 1 aliphatic rings. The zero-order valence-electron chi connectivity index (χ0n) is 12.5. The molecule has 0 aliphatic carbocycles. The summed E-state index contributed by atoms with van der Waals surface area (Å²) in [5, 5.41) is 5.11. The van der Waals surface area contributed by atoms with E-state index in [-0.39, 0.29) is 28.4 Å². The smallest absolute Gasteiger partial charge is 0.289 e. The Balaban J connectivity index is 2.27. The first-order chi connectivity index (χ1) is 9.84. The Morgan fingerprint density at radius 2 is 2.19 bits per heavy atom. The van der Waals surface area contributed by atoms with Gasteiger partial charge in [-0.2, -0.15) is 0 Å². The standard InChI is InChI=1S/C14H22N2O4S/c1-3-6-11-7-4-5-8-16(11)14(17)12-9-13(10(2)20-12)21(15,18)19/h9,11H,3-8H2,1-2H3,(H2,15,18,19). The summed E-state index contributed by atoms with van der Waals surface area (Å²) in [6.45, 7) is 4.28. The number of rotatable bonds is 4. The Morgan fingerprint density at radius 3 is 2.76 bits per heavy atom. The van der Waals surface area contributed by atoms with E-state index < -0.39 is 10.0 Å². The molecule has 1 fully saturated rings. The van der Waals surface area contributed by atoms with Crippen molar-refractivity contribution in [2.24, 2.45) is 5.14 Å². The lowest BCUT2D eigenvalue weighted by atomic mass is 9.98. The average molecular weight is 314 g/mol. The third-order valence-corrected chi connectivity index (χ3v) is 4.92. The van der Waals surface area contributed by atoms with E-state index in [0.717, 1.165) is 32.1 Å². The topological polar surface area (TPSA) is 93.6 Å². The average Bonchev–Trinajstić information content (AvgIpc) is 2.81. The van der Waals surface area contributed by atoms with Crippen molar-refractivity contribution < 1.29 is 17.6 Å². The van der Waals surface area contributed by atoms with Gasteiger partial charge >= 0.3 is 0 Å². The lowest BCUT2D eigenvalue weighted by Crippen LogP contribution is -2.43. The monoisotopic (exact) mass is 314 g/mol. The van der Waals surface area contributed by atoms with Gasteiger partial charge in [-0.25, -0.2) is 13.6 Å². The molecule has 21 heavy (non-hydrogen) atoms. The molecule has 0 saturated carbocycles. The summed E-state index contributed by atoms with van der Waals surface area (Å²) in [6, 6.07) is 1.45.